The van der Waals surface area contributed by atoms with Crippen molar-refractivity contribution in [2.75, 3.05) is 38.2 Å². The van der Waals surface area contributed by atoms with Gasteiger partial charge in [-0.3, -0.25) is 9.88 Å². The number of nitrogens with zero attached hydrogens (tertiary/aromatic N) is 5. The molecule has 0 unspecified atom stereocenters. The Morgan fingerprint density at radius 3 is 2.64 bits per heavy atom. The van der Waals surface area contributed by atoms with E-state index in [0.717, 1.165) is 38.7 Å². The monoisotopic (exact) mass is 339 g/mol. The highest BCUT2D eigenvalue weighted by Crippen LogP contribution is 2.24. The number of piperazine rings is 1. The molecule has 25 heavy (non-hydrogen) atoms. The first-order valence-corrected chi connectivity index (χ1v) is 9.13. The Morgan fingerprint density at radius 2 is 1.80 bits per heavy atom. The zero-order chi connectivity index (χ0) is 17.1. The summed E-state index contributed by atoms with van der Waals surface area (Å²) in [6.07, 6.45) is 8.76. The molecule has 0 spiro atoms. The van der Waals surface area contributed by atoms with Crippen LogP contribution in [0.25, 0.3) is 0 Å². The molecule has 0 saturated carbocycles. The van der Waals surface area contributed by atoms with E-state index in [1.807, 2.05) is 6.20 Å². The molecule has 0 atom stereocenters. The molecule has 1 fully saturated rings. The minimum absolute atomic E-state index is 0.618. The maximum Gasteiger partial charge on any atom is 0.228 e. The third-order valence-electron chi connectivity index (χ3n) is 5.22. The van der Waals surface area contributed by atoms with Gasteiger partial charge < -0.3 is 9.64 Å². The molecule has 1 aliphatic heterocycles. The lowest BCUT2D eigenvalue weighted by atomic mass is 9.91. The summed E-state index contributed by atoms with van der Waals surface area (Å²) in [4.78, 5) is 18.2. The second kappa shape index (κ2) is 7.35. The third-order valence-corrected chi connectivity index (χ3v) is 5.22. The minimum Gasteiger partial charge on any atom is -0.481 e. The van der Waals surface area contributed by atoms with Gasteiger partial charge in [-0.15, -0.1) is 0 Å². The fraction of sp³-hybridized carbons (Fsp3) is 0.526. The lowest BCUT2D eigenvalue weighted by Gasteiger charge is -2.35. The van der Waals surface area contributed by atoms with Crippen LogP contribution in [0, 0.1) is 0 Å². The summed E-state index contributed by atoms with van der Waals surface area (Å²) in [5.74, 6) is 1.38. The Bertz CT molecular complexity index is 728. The van der Waals surface area contributed by atoms with Crippen molar-refractivity contribution in [2.24, 2.45) is 0 Å². The number of ether oxygens (including phenoxy) is 1. The van der Waals surface area contributed by atoms with E-state index in [4.69, 9.17) is 4.74 Å². The summed E-state index contributed by atoms with van der Waals surface area (Å²) in [6, 6.07) is 3.99. The molecule has 3 heterocycles. The summed E-state index contributed by atoms with van der Waals surface area (Å²) < 4.78 is 5.20. The van der Waals surface area contributed by atoms with Crippen LogP contribution in [0.4, 0.5) is 5.95 Å². The SMILES string of the molecule is COc1ccnc(N2CCN(Cc3nccc4c3CCCC4)CC2)n1. The van der Waals surface area contributed by atoms with Gasteiger partial charge in [-0.25, -0.2) is 4.98 Å². The highest BCUT2D eigenvalue weighted by atomic mass is 16.5. The molecule has 2 aliphatic rings. The average molecular weight is 339 g/mol. The molecule has 6 heteroatoms. The van der Waals surface area contributed by atoms with Gasteiger partial charge in [0.2, 0.25) is 11.8 Å². The zero-order valence-electron chi connectivity index (χ0n) is 14.8. The van der Waals surface area contributed by atoms with E-state index in [1.165, 1.54) is 42.5 Å². The van der Waals surface area contributed by atoms with Crippen molar-refractivity contribution in [3.05, 3.63) is 41.3 Å². The molecular formula is C19H25N5O. The lowest BCUT2D eigenvalue weighted by molar-refractivity contribution is 0.244. The van der Waals surface area contributed by atoms with E-state index < -0.39 is 0 Å². The number of pyridine rings is 1. The van der Waals surface area contributed by atoms with Crippen molar-refractivity contribution in [2.45, 2.75) is 32.2 Å². The molecule has 0 radical (unpaired) electrons. The molecule has 1 aliphatic carbocycles. The number of fused-ring (bicyclic) bond motifs is 1. The molecule has 6 nitrogen and oxygen atoms in total. The predicted molar refractivity (Wildman–Crippen MR) is 97.0 cm³/mol. The van der Waals surface area contributed by atoms with Crippen LogP contribution in [0.3, 0.4) is 0 Å². The largest absolute Gasteiger partial charge is 0.481 e. The summed E-state index contributed by atoms with van der Waals surface area (Å²) in [7, 11) is 1.64. The van der Waals surface area contributed by atoms with Crippen molar-refractivity contribution in [3.63, 3.8) is 0 Å². The van der Waals surface area contributed by atoms with Gasteiger partial charge in [0.25, 0.3) is 0 Å². The van der Waals surface area contributed by atoms with E-state index in [0.29, 0.717) is 5.88 Å². The minimum atomic E-state index is 0.618. The van der Waals surface area contributed by atoms with E-state index in [2.05, 4.69) is 30.8 Å². The molecule has 4 rings (SSSR count). The van der Waals surface area contributed by atoms with Crippen LogP contribution in [-0.4, -0.2) is 53.1 Å². The van der Waals surface area contributed by atoms with Crippen LogP contribution in [-0.2, 0) is 19.4 Å². The van der Waals surface area contributed by atoms with E-state index in [-0.39, 0.29) is 0 Å². The maximum atomic E-state index is 5.20. The van der Waals surface area contributed by atoms with Gasteiger partial charge in [-0.05, 0) is 42.9 Å². The summed E-state index contributed by atoms with van der Waals surface area (Å²) in [5.41, 5.74) is 4.30. The van der Waals surface area contributed by atoms with Gasteiger partial charge in [-0.1, -0.05) is 0 Å². The fourth-order valence-corrected chi connectivity index (χ4v) is 3.79. The summed E-state index contributed by atoms with van der Waals surface area (Å²) in [5, 5.41) is 0. The molecule has 0 amide bonds. The van der Waals surface area contributed by atoms with Crippen molar-refractivity contribution in [1.82, 2.24) is 19.9 Å². The highest BCUT2D eigenvalue weighted by molar-refractivity contribution is 5.34. The summed E-state index contributed by atoms with van der Waals surface area (Å²) in [6.45, 7) is 4.83. The topological polar surface area (TPSA) is 54.4 Å². The van der Waals surface area contributed by atoms with Gasteiger partial charge in [0, 0.05) is 51.2 Å². The third kappa shape index (κ3) is 3.58. The number of rotatable bonds is 4. The second-order valence-electron chi connectivity index (χ2n) is 6.76. The van der Waals surface area contributed by atoms with Crippen LogP contribution >= 0.6 is 0 Å². The van der Waals surface area contributed by atoms with Crippen LogP contribution in [0.5, 0.6) is 5.88 Å². The van der Waals surface area contributed by atoms with Crippen molar-refractivity contribution < 1.29 is 4.74 Å². The van der Waals surface area contributed by atoms with Gasteiger partial charge in [0.05, 0.1) is 12.8 Å². The lowest BCUT2D eigenvalue weighted by Crippen LogP contribution is -2.46. The molecule has 0 N–H and O–H groups in total. The first kappa shape index (κ1) is 16.3. The number of anilines is 1. The molecule has 0 bridgehead atoms. The predicted octanol–water partition coefficient (Wildman–Crippen LogP) is 2.08. The first-order chi connectivity index (χ1) is 12.3. The smallest absolute Gasteiger partial charge is 0.228 e. The van der Waals surface area contributed by atoms with Crippen molar-refractivity contribution >= 4 is 5.95 Å². The molecule has 1 saturated heterocycles. The van der Waals surface area contributed by atoms with Crippen LogP contribution in [0.1, 0.15) is 29.7 Å². The Kier molecular flexibility index (Phi) is 4.78. The molecule has 2 aromatic heterocycles. The normalized spacial score (nSPS) is 18.0. The summed E-state index contributed by atoms with van der Waals surface area (Å²) >= 11 is 0. The molecule has 0 aromatic carbocycles. The Morgan fingerprint density at radius 1 is 1.00 bits per heavy atom. The van der Waals surface area contributed by atoms with Gasteiger partial charge in [0.1, 0.15) is 0 Å². The molecule has 2 aromatic rings. The van der Waals surface area contributed by atoms with Gasteiger partial charge in [0.15, 0.2) is 0 Å². The van der Waals surface area contributed by atoms with Crippen molar-refractivity contribution in [1.29, 1.82) is 0 Å². The quantitative estimate of drug-likeness (QED) is 0.850. The Balaban J connectivity index is 1.39. The number of aryl methyl sites for hydroxylation is 1. The zero-order valence-corrected chi connectivity index (χ0v) is 14.8. The first-order valence-electron chi connectivity index (χ1n) is 9.13. The Hall–Kier alpha value is -2.21. The average Bonchev–Trinajstić information content (AvgIpc) is 2.69. The molecule has 132 valence electrons. The standard InChI is InChI=1S/C19H25N5O/c1-25-18-7-9-21-19(22-18)24-12-10-23(11-13-24)14-17-16-5-3-2-4-15(16)6-8-20-17/h6-9H,2-5,10-14H2,1H3. The number of hydrogen-bond donors (Lipinski definition) is 0. The van der Waals surface area contributed by atoms with Gasteiger partial charge >= 0.3 is 0 Å². The van der Waals surface area contributed by atoms with E-state index in [9.17, 15) is 0 Å². The molecular weight excluding hydrogens is 314 g/mol. The highest BCUT2D eigenvalue weighted by Gasteiger charge is 2.22. The number of aromatic nitrogens is 3. The van der Waals surface area contributed by atoms with Crippen LogP contribution in [0.2, 0.25) is 0 Å². The maximum absolute atomic E-state index is 5.20. The number of methoxy groups -OCH3 is 1. The van der Waals surface area contributed by atoms with Crippen LogP contribution < -0.4 is 9.64 Å². The van der Waals surface area contributed by atoms with Crippen molar-refractivity contribution in [3.8, 4) is 5.88 Å². The second-order valence-corrected chi connectivity index (χ2v) is 6.76. The Labute approximate surface area is 148 Å². The van der Waals surface area contributed by atoms with E-state index in [1.54, 1.807) is 19.4 Å². The van der Waals surface area contributed by atoms with Crippen LogP contribution in [0.15, 0.2) is 24.5 Å². The van der Waals surface area contributed by atoms with E-state index >= 15 is 0 Å². The van der Waals surface area contributed by atoms with Gasteiger partial charge in [-0.2, -0.15) is 4.98 Å². The number of hydrogen-bond acceptors (Lipinski definition) is 6. The fourth-order valence-electron chi connectivity index (χ4n) is 3.79.